The highest BCUT2D eigenvalue weighted by Crippen LogP contribution is 2.67. The van der Waals surface area contributed by atoms with Crippen LogP contribution in [0.1, 0.15) is 86.5 Å². The normalized spacial score (nSPS) is 49.1. The summed E-state index contributed by atoms with van der Waals surface area (Å²) in [5.41, 5.74) is -0.162. The second-order valence-corrected chi connectivity index (χ2v) is 13.4. The van der Waals surface area contributed by atoms with Gasteiger partial charge in [-0.15, -0.1) is 0 Å². The summed E-state index contributed by atoms with van der Waals surface area (Å²) in [6.45, 7) is 12.9. The number of carbonyl (C=O) groups excluding carboxylic acids is 1. The molecule has 5 heteroatoms. The van der Waals surface area contributed by atoms with E-state index in [2.05, 4.69) is 34.6 Å². The van der Waals surface area contributed by atoms with Gasteiger partial charge >= 0.3 is 0 Å². The minimum Gasteiger partial charge on any atom is -0.390 e. The van der Waals surface area contributed by atoms with Crippen LogP contribution in [0, 0.1) is 58.2 Å². The van der Waals surface area contributed by atoms with Crippen LogP contribution in [0.3, 0.4) is 0 Å². The molecule has 13 atom stereocenters. The van der Waals surface area contributed by atoms with E-state index in [1.165, 1.54) is 0 Å². The molecule has 0 radical (unpaired) electrons. The molecule has 33 heavy (non-hydrogen) atoms. The smallest absolute Gasteiger partial charge is 0.136 e. The summed E-state index contributed by atoms with van der Waals surface area (Å²) in [6.07, 6.45) is 2.80. The van der Waals surface area contributed by atoms with Crippen LogP contribution < -0.4 is 0 Å². The van der Waals surface area contributed by atoms with Crippen LogP contribution in [-0.4, -0.2) is 50.6 Å². The lowest BCUT2D eigenvalue weighted by Gasteiger charge is -2.61. The molecule has 5 nitrogen and oxygen atoms in total. The van der Waals surface area contributed by atoms with Gasteiger partial charge in [0.05, 0.1) is 24.4 Å². The molecule has 2 unspecified atom stereocenters. The molecule has 4 rings (SSSR count). The third-order valence-electron chi connectivity index (χ3n) is 11.7. The zero-order valence-electron chi connectivity index (χ0n) is 21.6. The van der Waals surface area contributed by atoms with Crippen LogP contribution in [0.25, 0.3) is 0 Å². The van der Waals surface area contributed by atoms with E-state index in [4.69, 9.17) is 0 Å². The first-order valence-electron chi connectivity index (χ1n) is 13.6. The van der Waals surface area contributed by atoms with Crippen molar-refractivity contribution in [2.45, 2.75) is 111 Å². The predicted molar refractivity (Wildman–Crippen MR) is 128 cm³/mol. The Morgan fingerprint density at radius 1 is 0.879 bits per heavy atom. The average molecular weight is 465 g/mol. The van der Waals surface area contributed by atoms with Gasteiger partial charge in [-0.3, -0.25) is 4.79 Å². The Labute approximate surface area is 200 Å². The number of Topliss-reactive ketones (excluding diaryl/α,β-unsaturated/α-hetero) is 1. The van der Waals surface area contributed by atoms with Crippen LogP contribution in [-0.2, 0) is 4.79 Å². The SMILES string of the molecule is CC(C)[C@@H](C)C(O)C(O)[C@@H](C)[C@H]1CC[C@H]2[C@@H]3CC(=O)[C@H]4C[C@H](O)[C@H](O)C[C@]4(C)[C@H]3CC[C@]12C. The number of carbonyl (C=O) groups is 1. The molecule has 0 saturated heterocycles. The van der Waals surface area contributed by atoms with Gasteiger partial charge in [0.2, 0.25) is 0 Å². The second-order valence-electron chi connectivity index (χ2n) is 13.4. The summed E-state index contributed by atoms with van der Waals surface area (Å²) in [7, 11) is 0. The van der Waals surface area contributed by atoms with Gasteiger partial charge in [0.1, 0.15) is 5.78 Å². The van der Waals surface area contributed by atoms with Crippen molar-refractivity contribution in [2.24, 2.45) is 58.2 Å². The van der Waals surface area contributed by atoms with Crippen LogP contribution in [0.15, 0.2) is 0 Å². The monoisotopic (exact) mass is 464 g/mol. The van der Waals surface area contributed by atoms with Crippen molar-refractivity contribution < 1.29 is 25.2 Å². The van der Waals surface area contributed by atoms with E-state index >= 15 is 0 Å². The van der Waals surface area contributed by atoms with Crippen molar-refractivity contribution >= 4 is 5.78 Å². The summed E-state index contributed by atoms with van der Waals surface area (Å²) in [5.74, 6) is 2.05. The molecule has 4 aliphatic rings. The Morgan fingerprint density at radius 2 is 1.52 bits per heavy atom. The van der Waals surface area contributed by atoms with Crippen molar-refractivity contribution in [1.82, 2.24) is 0 Å². The Kier molecular flexibility index (Phi) is 6.88. The maximum absolute atomic E-state index is 13.3. The largest absolute Gasteiger partial charge is 0.390 e. The van der Waals surface area contributed by atoms with Crippen molar-refractivity contribution in [3.63, 3.8) is 0 Å². The van der Waals surface area contributed by atoms with Gasteiger partial charge in [-0.05, 0) is 90.8 Å². The molecule has 190 valence electrons. The highest BCUT2D eigenvalue weighted by atomic mass is 16.3. The molecule has 0 aromatic heterocycles. The van der Waals surface area contributed by atoms with E-state index < -0.39 is 24.4 Å². The number of ketones is 1. The van der Waals surface area contributed by atoms with Crippen molar-refractivity contribution in [1.29, 1.82) is 0 Å². The number of hydrogen-bond acceptors (Lipinski definition) is 5. The molecule has 0 bridgehead atoms. The summed E-state index contributed by atoms with van der Waals surface area (Å²) in [4.78, 5) is 13.3. The van der Waals surface area contributed by atoms with E-state index in [9.17, 15) is 25.2 Å². The van der Waals surface area contributed by atoms with Gasteiger partial charge in [0.15, 0.2) is 0 Å². The van der Waals surface area contributed by atoms with Crippen molar-refractivity contribution in [2.75, 3.05) is 0 Å². The van der Waals surface area contributed by atoms with Gasteiger partial charge in [0.25, 0.3) is 0 Å². The summed E-state index contributed by atoms with van der Waals surface area (Å²) in [5, 5.41) is 42.8. The van der Waals surface area contributed by atoms with Crippen LogP contribution in [0.2, 0.25) is 0 Å². The third kappa shape index (κ3) is 3.93. The Morgan fingerprint density at radius 3 is 2.15 bits per heavy atom. The Bertz CT molecular complexity index is 738. The molecule has 4 N–H and O–H groups in total. The topological polar surface area (TPSA) is 98.0 Å². The first-order valence-corrected chi connectivity index (χ1v) is 13.6. The number of fused-ring (bicyclic) bond motifs is 5. The standard InChI is InChI=1S/C28H48O5/c1-14(2)15(3)25(32)26(33)16(4)18-7-8-19-17-11-22(29)21-12-23(30)24(31)13-28(21,6)20(17)9-10-27(18,19)5/h14-21,23-26,30-33H,7-13H2,1-6H3/t15-,16+,17+,18-,19+,20+,21-,23+,24-,25?,26?,27-,28-/m1/s1. The maximum Gasteiger partial charge on any atom is 0.136 e. The van der Waals surface area contributed by atoms with Gasteiger partial charge in [-0.2, -0.15) is 0 Å². The number of rotatable bonds is 5. The molecule has 0 spiro atoms. The molecule has 4 aliphatic carbocycles. The van der Waals surface area contributed by atoms with Gasteiger partial charge in [-0.25, -0.2) is 0 Å². The molecule has 0 amide bonds. The van der Waals surface area contributed by atoms with Crippen LogP contribution in [0.4, 0.5) is 0 Å². The lowest BCUT2D eigenvalue weighted by Crippen LogP contribution is -2.59. The fourth-order valence-electron chi connectivity index (χ4n) is 9.23. The molecule has 0 heterocycles. The van der Waals surface area contributed by atoms with Crippen LogP contribution in [0.5, 0.6) is 0 Å². The quantitative estimate of drug-likeness (QED) is 0.496. The van der Waals surface area contributed by atoms with E-state index in [0.717, 1.165) is 25.7 Å². The van der Waals surface area contributed by atoms with Gasteiger partial charge < -0.3 is 20.4 Å². The molecule has 4 fully saturated rings. The summed E-state index contributed by atoms with van der Waals surface area (Å²) >= 11 is 0. The number of hydrogen-bond donors (Lipinski definition) is 4. The van der Waals surface area contributed by atoms with E-state index in [-0.39, 0.29) is 34.4 Å². The number of aliphatic hydroxyl groups is 4. The zero-order chi connectivity index (χ0) is 24.5. The first-order chi connectivity index (χ1) is 15.3. The Hall–Kier alpha value is -0.490. The number of aliphatic hydroxyl groups excluding tert-OH is 4. The summed E-state index contributed by atoms with van der Waals surface area (Å²) in [6, 6.07) is 0. The molecule has 4 saturated carbocycles. The van der Waals surface area contributed by atoms with Crippen molar-refractivity contribution in [3.8, 4) is 0 Å². The molecule has 0 aromatic carbocycles. The second kappa shape index (κ2) is 8.87. The lowest BCUT2D eigenvalue weighted by molar-refractivity contribution is -0.175. The molecule has 0 aliphatic heterocycles. The highest BCUT2D eigenvalue weighted by molar-refractivity contribution is 5.83. The van der Waals surface area contributed by atoms with Gasteiger partial charge in [0, 0.05) is 12.3 Å². The van der Waals surface area contributed by atoms with Crippen LogP contribution >= 0.6 is 0 Å². The minimum atomic E-state index is -0.782. The first kappa shape index (κ1) is 25.6. The van der Waals surface area contributed by atoms with Gasteiger partial charge in [-0.1, -0.05) is 41.5 Å². The van der Waals surface area contributed by atoms with Crippen molar-refractivity contribution in [3.05, 3.63) is 0 Å². The van der Waals surface area contributed by atoms with E-state index in [1.54, 1.807) is 0 Å². The molecular formula is C28H48O5. The average Bonchev–Trinajstić information content (AvgIpc) is 3.10. The molecule has 0 aromatic rings. The Balaban J connectivity index is 1.56. The zero-order valence-corrected chi connectivity index (χ0v) is 21.6. The minimum absolute atomic E-state index is 0.0158. The van der Waals surface area contributed by atoms with E-state index in [1.807, 2.05) is 6.92 Å². The molecular weight excluding hydrogens is 416 g/mol. The maximum atomic E-state index is 13.3. The fourth-order valence-corrected chi connectivity index (χ4v) is 9.23. The van der Waals surface area contributed by atoms with E-state index in [0.29, 0.717) is 48.9 Å². The lowest BCUT2D eigenvalue weighted by atomic mass is 9.44. The summed E-state index contributed by atoms with van der Waals surface area (Å²) < 4.78 is 0. The predicted octanol–water partition coefficient (Wildman–Crippen LogP) is 3.81. The fraction of sp³-hybridized carbons (Fsp3) is 0.964. The highest BCUT2D eigenvalue weighted by Gasteiger charge is 2.63. The third-order valence-corrected chi connectivity index (χ3v) is 11.7.